The van der Waals surface area contributed by atoms with Gasteiger partial charge in [0.15, 0.2) is 0 Å². The van der Waals surface area contributed by atoms with Crippen molar-refractivity contribution >= 4 is 11.9 Å². The molecule has 2 rings (SSSR count). The predicted molar refractivity (Wildman–Crippen MR) is 65.4 cm³/mol. The van der Waals surface area contributed by atoms with E-state index in [-0.39, 0.29) is 17.8 Å². The third-order valence-electron chi connectivity index (χ3n) is 3.25. The minimum Gasteiger partial charge on any atom is -0.469 e. The first-order valence-corrected chi connectivity index (χ1v) is 6.13. The van der Waals surface area contributed by atoms with Crippen LogP contribution in [0.3, 0.4) is 0 Å². The molecule has 1 fully saturated rings. The predicted octanol–water partition coefficient (Wildman–Crippen LogP) is 1.57. The molecule has 2 heterocycles. The number of ether oxygens (including phenoxy) is 1. The van der Waals surface area contributed by atoms with Crippen molar-refractivity contribution < 1.29 is 18.9 Å². The monoisotopic (exact) mass is 268 g/mol. The summed E-state index contributed by atoms with van der Waals surface area (Å²) in [6.07, 6.45) is 1.73. The molecule has 0 aromatic carbocycles. The Labute approximate surface area is 110 Å². The molecule has 0 saturated carbocycles. The van der Waals surface area contributed by atoms with Gasteiger partial charge >= 0.3 is 11.9 Å². The van der Waals surface area contributed by atoms with Gasteiger partial charge in [-0.05, 0) is 25.5 Å². The highest BCUT2D eigenvalue weighted by atomic mass is 16.6. The maximum Gasteiger partial charge on any atom is 0.433 e. The Morgan fingerprint density at radius 1 is 1.63 bits per heavy atom. The summed E-state index contributed by atoms with van der Waals surface area (Å²) in [5.41, 5.74) is 0. The topological polar surface area (TPSA) is 85.8 Å². The molecule has 0 radical (unpaired) electrons. The quantitative estimate of drug-likeness (QED) is 0.468. The van der Waals surface area contributed by atoms with Gasteiger partial charge in [0.1, 0.15) is 10.7 Å². The number of piperidine rings is 1. The van der Waals surface area contributed by atoms with Crippen LogP contribution in [0.15, 0.2) is 16.5 Å². The first-order chi connectivity index (χ1) is 9.10. The molecule has 0 aliphatic carbocycles. The second kappa shape index (κ2) is 5.83. The summed E-state index contributed by atoms with van der Waals surface area (Å²) in [4.78, 5) is 23.5. The molecule has 1 atom stereocenters. The fraction of sp³-hybridized carbons (Fsp3) is 0.583. The van der Waals surface area contributed by atoms with Crippen LogP contribution in [0.25, 0.3) is 0 Å². The molecule has 7 nitrogen and oxygen atoms in total. The Bertz CT molecular complexity index is 470. The van der Waals surface area contributed by atoms with Crippen LogP contribution in [-0.4, -0.2) is 36.0 Å². The van der Waals surface area contributed by atoms with Gasteiger partial charge < -0.3 is 9.15 Å². The summed E-state index contributed by atoms with van der Waals surface area (Å²) in [7, 11) is 1.39. The van der Waals surface area contributed by atoms with E-state index in [1.54, 1.807) is 6.07 Å². The molecule has 19 heavy (non-hydrogen) atoms. The van der Waals surface area contributed by atoms with Crippen molar-refractivity contribution in [1.29, 1.82) is 0 Å². The molecule has 1 aromatic heterocycles. The van der Waals surface area contributed by atoms with Crippen molar-refractivity contribution in [2.45, 2.75) is 19.4 Å². The molecule has 1 aliphatic rings. The second-order valence-corrected chi connectivity index (χ2v) is 4.59. The number of hydrogen-bond donors (Lipinski definition) is 0. The molecule has 1 aliphatic heterocycles. The zero-order chi connectivity index (χ0) is 13.8. The summed E-state index contributed by atoms with van der Waals surface area (Å²) in [6.45, 7) is 1.92. The van der Waals surface area contributed by atoms with Crippen LogP contribution in [0.5, 0.6) is 0 Å². The van der Waals surface area contributed by atoms with Gasteiger partial charge in [-0.3, -0.25) is 19.8 Å². The van der Waals surface area contributed by atoms with Crippen LogP contribution < -0.4 is 0 Å². The van der Waals surface area contributed by atoms with Crippen molar-refractivity contribution in [3.63, 3.8) is 0 Å². The number of hydrogen-bond acceptors (Lipinski definition) is 6. The van der Waals surface area contributed by atoms with Crippen molar-refractivity contribution in [2.75, 3.05) is 20.2 Å². The van der Waals surface area contributed by atoms with E-state index in [4.69, 9.17) is 9.15 Å². The van der Waals surface area contributed by atoms with Crippen molar-refractivity contribution in [3.05, 3.63) is 28.0 Å². The number of esters is 1. The number of methoxy groups -OCH3 is 1. The van der Waals surface area contributed by atoms with E-state index in [9.17, 15) is 14.9 Å². The molecular formula is C12H16N2O5. The van der Waals surface area contributed by atoms with Crippen LogP contribution >= 0.6 is 0 Å². The molecule has 0 bridgehead atoms. The Morgan fingerprint density at radius 3 is 3.05 bits per heavy atom. The van der Waals surface area contributed by atoms with E-state index < -0.39 is 4.92 Å². The van der Waals surface area contributed by atoms with E-state index in [0.717, 1.165) is 19.4 Å². The highest BCUT2D eigenvalue weighted by Crippen LogP contribution is 2.22. The number of furan rings is 1. The van der Waals surface area contributed by atoms with E-state index >= 15 is 0 Å². The molecule has 7 heteroatoms. The second-order valence-electron chi connectivity index (χ2n) is 4.59. The lowest BCUT2D eigenvalue weighted by Crippen LogP contribution is -2.38. The molecule has 1 saturated heterocycles. The van der Waals surface area contributed by atoms with Gasteiger partial charge in [-0.15, -0.1) is 0 Å². The molecular weight excluding hydrogens is 252 g/mol. The lowest BCUT2D eigenvalue weighted by molar-refractivity contribution is -0.402. The van der Waals surface area contributed by atoms with Gasteiger partial charge in [-0.2, -0.15) is 0 Å². The van der Waals surface area contributed by atoms with E-state index in [0.29, 0.717) is 18.8 Å². The fourth-order valence-electron chi connectivity index (χ4n) is 2.33. The third-order valence-corrected chi connectivity index (χ3v) is 3.25. The molecule has 0 N–H and O–H groups in total. The van der Waals surface area contributed by atoms with Gasteiger partial charge in [-0.1, -0.05) is 0 Å². The SMILES string of the molecule is COC(=O)C1CCCN(Cc2ccc([N+](=O)[O-])o2)C1. The average Bonchev–Trinajstić information content (AvgIpc) is 2.87. The van der Waals surface area contributed by atoms with Gasteiger partial charge in [0.2, 0.25) is 0 Å². The zero-order valence-corrected chi connectivity index (χ0v) is 10.7. The largest absolute Gasteiger partial charge is 0.469 e. The fourth-order valence-corrected chi connectivity index (χ4v) is 2.33. The summed E-state index contributed by atoms with van der Waals surface area (Å²) in [6, 6.07) is 2.94. The summed E-state index contributed by atoms with van der Waals surface area (Å²) >= 11 is 0. The Morgan fingerprint density at radius 2 is 2.42 bits per heavy atom. The molecule has 1 aromatic rings. The number of nitrogens with zero attached hydrogens (tertiary/aromatic N) is 2. The van der Waals surface area contributed by atoms with Gasteiger partial charge in [-0.25, -0.2) is 0 Å². The Kier molecular flexibility index (Phi) is 4.16. The van der Waals surface area contributed by atoms with Crippen LogP contribution in [-0.2, 0) is 16.1 Å². The minimum atomic E-state index is -0.559. The zero-order valence-electron chi connectivity index (χ0n) is 10.7. The maximum atomic E-state index is 11.5. The summed E-state index contributed by atoms with van der Waals surface area (Å²) in [5, 5.41) is 10.5. The number of nitro groups is 1. The van der Waals surface area contributed by atoms with Crippen LogP contribution in [0, 0.1) is 16.0 Å². The average molecular weight is 268 g/mol. The number of rotatable bonds is 4. The normalized spacial score (nSPS) is 20.2. The smallest absolute Gasteiger partial charge is 0.433 e. The maximum absolute atomic E-state index is 11.5. The molecule has 1 unspecified atom stereocenters. The first kappa shape index (κ1) is 13.5. The Balaban J connectivity index is 1.94. The summed E-state index contributed by atoms with van der Waals surface area (Å²) in [5.74, 6) is -0.0347. The third kappa shape index (κ3) is 3.31. The van der Waals surface area contributed by atoms with Gasteiger partial charge in [0.05, 0.1) is 25.6 Å². The highest BCUT2D eigenvalue weighted by molar-refractivity contribution is 5.72. The van der Waals surface area contributed by atoms with Crippen molar-refractivity contribution in [1.82, 2.24) is 4.90 Å². The van der Waals surface area contributed by atoms with E-state index in [2.05, 4.69) is 0 Å². The molecule has 104 valence electrons. The number of carbonyl (C=O) groups is 1. The van der Waals surface area contributed by atoms with E-state index in [1.165, 1.54) is 13.2 Å². The lowest BCUT2D eigenvalue weighted by atomic mass is 9.98. The standard InChI is InChI=1S/C12H16N2O5/c1-18-12(15)9-3-2-6-13(7-9)8-10-4-5-11(19-10)14(16)17/h4-5,9H,2-3,6-8H2,1H3. The van der Waals surface area contributed by atoms with Crippen LogP contribution in [0.2, 0.25) is 0 Å². The Hall–Kier alpha value is -1.89. The lowest BCUT2D eigenvalue weighted by Gasteiger charge is -2.30. The number of carbonyl (C=O) groups excluding carboxylic acids is 1. The first-order valence-electron chi connectivity index (χ1n) is 6.13. The molecule has 0 spiro atoms. The van der Waals surface area contributed by atoms with Crippen LogP contribution in [0.1, 0.15) is 18.6 Å². The summed E-state index contributed by atoms with van der Waals surface area (Å²) < 4.78 is 9.86. The molecule has 0 amide bonds. The van der Waals surface area contributed by atoms with Crippen molar-refractivity contribution in [2.24, 2.45) is 5.92 Å². The highest BCUT2D eigenvalue weighted by Gasteiger charge is 2.27. The van der Waals surface area contributed by atoms with Crippen LogP contribution in [0.4, 0.5) is 5.88 Å². The van der Waals surface area contributed by atoms with Crippen molar-refractivity contribution in [3.8, 4) is 0 Å². The van der Waals surface area contributed by atoms with Gasteiger partial charge in [0, 0.05) is 6.54 Å². The minimum absolute atomic E-state index is 0.122. The number of likely N-dealkylation sites (tertiary alicyclic amines) is 1. The van der Waals surface area contributed by atoms with Gasteiger partial charge in [0.25, 0.3) is 0 Å². The van der Waals surface area contributed by atoms with E-state index in [1.807, 2.05) is 4.90 Å².